The Bertz CT molecular complexity index is 378. The lowest BCUT2D eigenvalue weighted by Gasteiger charge is -2.10. The predicted octanol–water partition coefficient (Wildman–Crippen LogP) is 2.68. The summed E-state index contributed by atoms with van der Waals surface area (Å²) in [6.07, 6.45) is 2.51. The fraction of sp³-hybridized carbons (Fsp3) is 0.571. The van der Waals surface area contributed by atoms with Crippen LogP contribution in [0, 0.1) is 5.92 Å². The summed E-state index contributed by atoms with van der Waals surface area (Å²) in [6, 6.07) is 6.30. The van der Waals surface area contributed by atoms with Crippen molar-refractivity contribution in [3.05, 3.63) is 23.8 Å². The molecule has 0 aliphatic heterocycles. The van der Waals surface area contributed by atoms with Crippen molar-refractivity contribution in [2.75, 3.05) is 6.61 Å². The van der Waals surface area contributed by atoms with Gasteiger partial charge in [0.05, 0.1) is 6.61 Å². The molecule has 0 spiro atoms. The second kappa shape index (κ2) is 5.41. The van der Waals surface area contributed by atoms with E-state index in [0.29, 0.717) is 24.9 Å². The van der Waals surface area contributed by atoms with Gasteiger partial charge in [-0.15, -0.1) is 0 Å². The van der Waals surface area contributed by atoms with Crippen LogP contribution in [0.2, 0.25) is 0 Å². The number of phenolic OH excluding ortho intramolecular Hbond substituents is 1. The van der Waals surface area contributed by atoms with Crippen molar-refractivity contribution in [3.8, 4) is 11.5 Å². The van der Waals surface area contributed by atoms with E-state index in [0.717, 1.165) is 11.5 Å². The molecule has 94 valence electrons. The van der Waals surface area contributed by atoms with E-state index < -0.39 is 0 Å². The molecule has 0 amide bonds. The van der Waals surface area contributed by atoms with Gasteiger partial charge in [-0.2, -0.15) is 0 Å². The Hall–Kier alpha value is -1.22. The third kappa shape index (κ3) is 2.91. The Morgan fingerprint density at radius 3 is 2.88 bits per heavy atom. The summed E-state index contributed by atoms with van der Waals surface area (Å²) in [5.41, 5.74) is 0.915. The van der Waals surface area contributed by atoms with Crippen molar-refractivity contribution in [3.63, 3.8) is 0 Å². The molecular weight excluding hydrogens is 214 g/mol. The zero-order valence-corrected chi connectivity index (χ0v) is 10.6. The quantitative estimate of drug-likeness (QED) is 0.796. The van der Waals surface area contributed by atoms with Crippen LogP contribution in [0.4, 0.5) is 0 Å². The van der Waals surface area contributed by atoms with Crippen molar-refractivity contribution in [2.24, 2.45) is 5.92 Å². The van der Waals surface area contributed by atoms with Crippen molar-refractivity contribution in [1.82, 2.24) is 5.32 Å². The fourth-order valence-electron chi connectivity index (χ4n) is 2.17. The molecule has 1 aromatic carbocycles. The first-order valence-corrected chi connectivity index (χ1v) is 6.43. The molecular formula is C14H21NO2. The van der Waals surface area contributed by atoms with Gasteiger partial charge in [0, 0.05) is 18.2 Å². The molecule has 0 radical (unpaired) electrons. The second-order valence-electron chi connectivity index (χ2n) is 4.59. The lowest BCUT2D eigenvalue weighted by Crippen LogP contribution is -2.17. The third-order valence-electron chi connectivity index (χ3n) is 3.38. The van der Waals surface area contributed by atoms with Crippen molar-refractivity contribution < 1.29 is 9.84 Å². The largest absolute Gasteiger partial charge is 0.504 e. The normalized spacial score (nSPS) is 22.5. The van der Waals surface area contributed by atoms with E-state index >= 15 is 0 Å². The van der Waals surface area contributed by atoms with Crippen LogP contribution in [0.3, 0.4) is 0 Å². The molecule has 0 aromatic heterocycles. The summed E-state index contributed by atoms with van der Waals surface area (Å²) in [5, 5.41) is 13.5. The van der Waals surface area contributed by atoms with Crippen LogP contribution < -0.4 is 10.1 Å². The Morgan fingerprint density at radius 1 is 1.41 bits per heavy atom. The smallest absolute Gasteiger partial charge is 0.162 e. The lowest BCUT2D eigenvalue weighted by molar-refractivity contribution is 0.316. The highest BCUT2D eigenvalue weighted by Gasteiger charge is 2.34. The summed E-state index contributed by atoms with van der Waals surface area (Å²) in [5.74, 6) is 1.68. The van der Waals surface area contributed by atoms with E-state index in [1.54, 1.807) is 6.07 Å². The molecule has 1 aliphatic carbocycles. The molecule has 1 fully saturated rings. The molecule has 2 unspecified atom stereocenters. The van der Waals surface area contributed by atoms with E-state index in [9.17, 15) is 5.11 Å². The van der Waals surface area contributed by atoms with Crippen LogP contribution in [-0.2, 0) is 6.54 Å². The van der Waals surface area contributed by atoms with Crippen LogP contribution in [0.1, 0.15) is 32.3 Å². The van der Waals surface area contributed by atoms with Gasteiger partial charge in [0.2, 0.25) is 0 Å². The average Bonchev–Trinajstić information content (AvgIpc) is 3.09. The van der Waals surface area contributed by atoms with Gasteiger partial charge in [-0.05, 0) is 25.3 Å². The number of nitrogens with one attached hydrogen (secondary N) is 1. The average molecular weight is 235 g/mol. The number of hydrogen-bond acceptors (Lipinski definition) is 3. The first-order chi connectivity index (χ1) is 8.26. The van der Waals surface area contributed by atoms with Gasteiger partial charge in [-0.25, -0.2) is 0 Å². The van der Waals surface area contributed by atoms with E-state index in [2.05, 4.69) is 12.2 Å². The minimum absolute atomic E-state index is 0.274. The van der Waals surface area contributed by atoms with Gasteiger partial charge in [-0.3, -0.25) is 0 Å². The molecule has 2 N–H and O–H groups in total. The zero-order chi connectivity index (χ0) is 12.3. The molecule has 1 saturated carbocycles. The van der Waals surface area contributed by atoms with Gasteiger partial charge >= 0.3 is 0 Å². The summed E-state index contributed by atoms with van der Waals surface area (Å²) in [4.78, 5) is 0. The number of benzene rings is 1. The summed E-state index contributed by atoms with van der Waals surface area (Å²) < 4.78 is 5.36. The minimum Gasteiger partial charge on any atom is -0.504 e. The number of ether oxygens (including phenoxy) is 1. The Morgan fingerprint density at radius 2 is 2.24 bits per heavy atom. The SMILES string of the molecule is CCOc1cccc(CNC2CC2CC)c1O. The Labute approximate surface area is 103 Å². The second-order valence-corrected chi connectivity index (χ2v) is 4.59. The van der Waals surface area contributed by atoms with Crippen LogP contribution in [0.25, 0.3) is 0 Å². The van der Waals surface area contributed by atoms with Crippen molar-refractivity contribution >= 4 is 0 Å². The monoisotopic (exact) mass is 235 g/mol. The third-order valence-corrected chi connectivity index (χ3v) is 3.38. The van der Waals surface area contributed by atoms with Crippen LogP contribution in [0.15, 0.2) is 18.2 Å². The standard InChI is InChI=1S/C14H21NO2/c1-3-10-8-12(10)15-9-11-6-5-7-13(14(11)16)17-4-2/h5-7,10,12,15-16H,3-4,8-9H2,1-2H3. The van der Waals surface area contributed by atoms with E-state index in [4.69, 9.17) is 4.74 Å². The van der Waals surface area contributed by atoms with Crippen LogP contribution in [0.5, 0.6) is 11.5 Å². The summed E-state index contributed by atoms with van der Waals surface area (Å²) in [6.45, 7) is 5.43. The first kappa shape index (κ1) is 12.2. The minimum atomic E-state index is 0.274. The van der Waals surface area contributed by atoms with E-state index in [-0.39, 0.29) is 5.75 Å². The molecule has 2 atom stereocenters. The number of para-hydroxylation sites is 1. The predicted molar refractivity (Wildman–Crippen MR) is 68.3 cm³/mol. The van der Waals surface area contributed by atoms with Crippen molar-refractivity contribution in [1.29, 1.82) is 0 Å². The van der Waals surface area contributed by atoms with Crippen LogP contribution >= 0.6 is 0 Å². The Kier molecular flexibility index (Phi) is 3.89. The molecule has 2 rings (SSSR count). The number of phenols is 1. The molecule has 1 aliphatic rings. The number of aromatic hydroxyl groups is 1. The summed E-state index contributed by atoms with van der Waals surface area (Å²) >= 11 is 0. The van der Waals surface area contributed by atoms with E-state index in [1.165, 1.54) is 12.8 Å². The zero-order valence-electron chi connectivity index (χ0n) is 10.6. The molecule has 0 heterocycles. The van der Waals surface area contributed by atoms with Gasteiger partial charge in [0.15, 0.2) is 11.5 Å². The molecule has 0 saturated heterocycles. The molecule has 3 nitrogen and oxygen atoms in total. The Balaban J connectivity index is 1.94. The highest BCUT2D eigenvalue weighted by molar-refractivity contribution is 5.45. The molecule has 0 bridgehead atoms. The summed E-state index contributed by atoms with van der Waals surface area (Å²) in [7, 11) is 0. The van der Waals surface area contributed by atoms with Crippen LogP contribution in [-0.4, -0.2) is 17.8 Å². The van der Waals surface area contributed by atoms with Gasteiger partial charge in [0.25, 0.3) is 0 Å². The van der Waals surface area contributed by atoms with E-state index in [1.807, 2.05) is 19.1 Å². The maximum absolute atomic E-state index is 10.0. The first-order valence-electron chi connectivity index (χ1n) is 6.43. The highest BCUT2D eigenvalue weighted by Crippen LogP contribution is 2.34. The molecule has 3 heteroatoms. The maximum Gasteiger partial charge on any atom is 0.162 e. The maximum atomic E-state index is 10.0. The van der Waals surface area contributed by atoms with Gasteiger partial charge < -0.3 is 15.2 Å². The molecule has 17 heavy (non-hydrogen) atoms. The fourth-order valence-corrected chi connectivity index (χ4v) is 2.17. The lowest BCUT2D eigenvalue weighted by atomic mass is 10.2. The van der Waals surface area contributed by atoms with Gasteiger partial charge in [0.1, 0.15) is 0 Å². The highest BCUT2D eigenvalue weighted by atomic mass is 16.5. The molecule has 1 aromatic rings. The number of rotatable bonds is 6. The van der Waals surface area contributed by atoms with Crippen molar-refractivity contribution in [2.45, 2.75) is 39.3 Å². The van der Waals surface area contributed by atoms with Gasteiger partial charge in [-0.1, -0.05) is 25.5 Å². The topological polar surface area (TPSA) is 41.5 Å². The number of hydrogen-bond donors (Lipinski definition) is 2.